The molecule has 1 heteroatoms. The van der Waals surface area contributed by atoms with E-state index in [2.05, 4.69) is 27.4 Å². The summed E-state index contributed by atoms with van der Waals surface area (Å²) in [5.74, 6) is 0.642. The second-order valence-electron chi connectivity index (χ2n) is 3.52. The summed E-state index contributed by atoms with van der Waals surface area (Å²) in [6.45, 7) is 10.5. The Labute approximate surface area is 69.4 Å². The molecule has 0 aromatic rings. The van der Waals surface area contributed by atoms with Crippen LogP contribution in [0.25, 0.3) is 0 Å². The molecule has 0 N–H and O–H groups in total. The molecule has 1 saturated heterocycles. The van der Waals surface area contributed by atoms with E-state index in [1.54, 1.807) is 0 Å². The summed E-state index contributed by atoms with van der Waals surface area (Å²) in [6.07, 6.45) is 3.01. The zero-order valence-electron chi connectivity index (χ0n) is 7.76. The third-order valence-electron chi connectivity index (χ3n) is 2.62. The van der Waals surface area contributed by atoms with E-state index in [0.29, 0.717) is 12.0 Å². The van der Waals surface area contributed by atoms with Gasteiger partial charge < -0.3 is 4.74 Å². The van der Waals surface area contributed by atoms with Gasteiger partial charge in [0.1, 0.15) is 0 Å². The maximum absolute atomic E-state index is 5.72. The summed E-state index contributed by atoms with van der Waals surface area (Å²) in [6, 6.07) is 0. The summed E-state index contributed by atoms with van der Waals surface area (Å²) in [5.41, 5.74) is 1.26. The average molecular weight is 154 g/mol. The number of hydrogen-bond donors (Lipinski definition) is 0. The van der Waals surface area contributed by atoms with Gasteiger partial charge in [0.15, 0.2) is 0 Å². The molecule has 0 spiro atoms. The first-order valence-electron chi connectivity index (χ1n) is 4.49. The van der Waals surface area contributed by atoms with Crippen molar-refractivity contribution in [3.63, 3.8) is 0 Å². The van der Waals surface area contributed by atoms with Crippen molar-refractivity contribution in [2.45, 2.75) is 45.8 Å². The quantitative estimate of drug-likeness (QED) is 0.528. The fourth-order valence-corrected chi connectivity index (χ4v) is 1.64. The van der Waals surface area contributed by atoms with Gasteiger partial charge in [-0.05, 0) is 31.3 Å². The zero-order chi connectivity index (χ0) is 8.43. The van der Waals surface area contributed by atoms with Crippen molar-refractivity contribution in [2.75, 3.05) is 0 Å². The Bertz CT molecular complexity index is 137. The van der Waals surface area contributed by atoms with E-state index < -0.39 is 0 Å². The molecule has 3 atom stereocenters. The fraction of sp³-hybridized carbons (Fsp3) is 0.800. The molecule has 0 saturated carbocycles. The van der Waals surface area contributed by atoms with Crippen molar-refractivity contribution in [3.8, 4) is 0 Å². The van der Waals surface area contributed by atoms with Gasteiger partial charge in [-0.25, -0.2) is 0 Å². The van der Waals surface area contributed by atoms with Crippen LogP contribution in [0.1, 0.15) is 33.6 Å². The van der Waals surface area contributed by atoms with Gasteiger partial charge in [-0.2, -0.15) is 0 Å². The first-order chi connectivity index (χ1) is 5.15. The molecule has 1 fully saturated rings. The lowest BCUT2D eigenvalue weighted by Crippen LogP contribution is -2.31. The van der Waals surface area contributed by atoms with Crippen LogP contribution in [0.3, 0.4) is 0 Å². The van der Waals surface area contributed by atoms with E-state index >= 15 is 0 Å². The van der Waals surface area contributed by atoms with Crippen molar-refractivity contribution in [3.05, 3.63) is 12.2 Å². The van der Waals surface area contributed by atoms with Crippen molar-refractivity contribution in [1.82, 2.24) is 0 Å². The van der Waals surface area contributed by atoms with Gasteiger partial charge in [0.25, 0.3) is 0 Å². The molecule has 0 aromatic carbocycles. The summed E-state index contributed by atoms with van der Waals surface area (Å²) in [5, 5.41) is 0. The molecule has 11 heavy (non-hydrogen) atoms. The predicted molar refractivity (Wildman–Crippen MR) is 47.5 cm³/mol. The van der Waals surface area contributed by atoms with Crippen LogP contribution in [0.4, 0.5) is 0 Å². The molecule has 0 aromatic heterocycles. The molecular weight excluding hydrogens is 136 g/mol. The van der Waals surface area contributed by atoms with Crippen LogP contribution in [0.5, 0.6) is 0 Å². The number of ether oxygens (including phenoxy) is 1. The van der Waals surface area contributed by atoms with Crippen molar-refractivity contribution >= 4 is 0 Å². The van der Waals surface area contributed by atoms with Gasteiger partial charge in [-0.3, -0.25) is 0 Å². The number of hydrogen-bond acceptors (Lipinski definition) is 1. The maximum Gasteiger partial charge on any atom is 0.0760 e. The third-order valence-corrected chi connectivity index (χ3v) is 2.62. The molecule has 0 radical (unpaired) electrons. The summed E-state index contributed by atoms with van der Waals surface area (Å²) in [7, 11) is 0. The maximum atomic E-state index is 5.72. The largest absolute Gasteiger partial charge is 0.371 e. The highest BCUT2D eigenvalue weighted by molar-refractivity contribution is 5.08. The lowest BCUT2D eigenvalue weighted by molar-refractivity contribution is -0.0248. The Morgan fingerprint density at radius 3 is 2.64 bits per heavy atom. The SMILES string of the molecule is C=C1C(C)C[C@H](CC)O[C@@H]1C. The van der Waals surface area contributed by atoms with Gasteiger partial charge in [0.2, 0.25) is 0 Å². The minimum absolute atomic E-state index is 0.267. The van der Waals surface area contributed by atoms with Crippen LogP contribution >= 0.6 is 0 Å². The second-order valence-corrected chi connectivity index (χ2v) is 3.52. The highest BCUT2D eigenvalue weighted by atomic mass is 16.5. The van der Waals surface area contributed by atoms with E-state index in [1.165, 1.54) is 5.57 Å². The smallest absolute Gasteiger partial charge is 0.0760 e. The average Bonchev–Trinajstić information content (AvgIpc) is 1.99. The minimum atomic E-state index is 0.267. The predicted octanol–water partition coefficient (Wildman–Crippen LogP) is 2.77. The molecule has 1 nitrogen and oxygen atoms in total. The second kappa shape index (κ2) is 3.40. The third kappa shape index (κ3) is 1.84. The Balaban J connectivity index is 2.54. The number of rotatable bonds is 1. The fourth-order valence-electron chi connectivity index (χ4n) is 1.64. The van der Waals surface area contributed by atoms with E-state index in [4.69, 9.17) is 4.74 Å². The van der Waals surface area contributed by atoms with Gasteiger partial charge in [-0.15, -0.1) is 0 Å². The molecule has 64 valence electrons. The first-order valence-corrected chi connectivity index (χ1v) is 4.49. The zero-order valence-corrected chi connectivity index (χ0v) is 7.76. The minimum Gasteiger partial charge on any atom is -0.371 e. The van der Waals surface area contributed by atoms with Crippen LogP contribution in [0, 0.1) is 5.92 Å². The topological polar surface area (TPSA) is 9.23 Å². The molecule has 1 heterocycles. The summed E-state index contributed by atoms with van der Waals surface area (Å²) in [4.78, 5) is 0. The molecular formula is C10H18O. The standard InChI is InChI=1S/C10H18O/c1-5-10-6-7(2)8(3)9(4)11-10/h7,9-10H,3,5-6H2,1-2,4H3/t7?,9-,10+/m1/s1. The normalized spacial score (nSPS) is 39.2. The van der Waals surface area contributed by atoms with Crippen LogP contribution in [-0.2, 0) is 4.74 Å². The molecule has 0 bridgehead atoms. The Hall–Kier alpha value is -0.300. The molecule has 1 aliphatic heterocycles. The monoisotopic (exact) mass is 154 g/mol. The van der Waals surface area contributed by atoms with Crippen molar-refractivity contribution in [2.24, 2.45) is 5.92 Å². The van der Waals surface area contributed by atoms with Crippen LogP contribution in [0.2, 0.25) is 0 Å². The lowest BCUT2D eigenvalue weighted by atomic mass is 9.89. The first kappa shape index (κ1) is 8.79. The van der Waals surface area contributed by atoms with Crippen molar-refractivity contribution in [1.29, 1.82) is 0 Å². The highest BCUT2D eigenvalue weighted by Gasteiger charge is 2.25. The van der Waals surface area contributed by atoms with Crippen LogP contribution in [0.15, 0.2) is 12.2 Å². The van der Waals surface area contributed by atoms with E-state index in [1.807, 2.05) is 0 Å². The Morgan fingerprint density at radius 1 is 1.55 bits per heavy atom. The highest BCUT2D eigenvalue weighted by Crippen LogP contribution is 2.29. The van der Waals surface area contributed by atoms with Gasteiger partial charge in [0, 0.05) is 0 Å². The molecule has 1 aliphatic rings. The molecule has 1 rings (SSSR count). The Kier molecular flexibility index (Phi) is 2.72. The van der Waals surface area contributed by atoms with Crippen molar-refractivity contribution < 1.29 is 4.74 Å². The van der Waals surface area contributed by atoms with E-state index in [-0.39, 0.29) is 6.10 Å². The van der Waals surface area contributed by atoms with E-state index in [0.717, 1.165) is 12.8 Å². The van der Waals surface area contributed by atoms with Crippen LogP contribution in [-0.4, -0.2) is 12.2 Å². The van der Waals surface area contributed by atoms with Gasteiger partial charge in [0.05, 0.1) is 12.2 Å². The summed E-state index contributed by atoms with van der Waals surface area (Å²) < 4.78 is 5.72. The summed E-state index contributed by atoms with van der Waals surface area (Å²) >= 11 is 0. The Morgan fingerprint density at radius 2 is 2.18 bits per heavy atom. The van der Waals surface area contributed by atoms with Gasteiger partial charge >= 0.3 is 0 Å². The molecule has 0 amide bonds. The van der Waals surface area contributed by atoms with Gasteiger partial charge in [-0.1, -0.05) is 20.4 Å². The molecule has 0 aliphatic carbocycles. The molecule has 1 unspecified atom stereocenters. The lowest BCUT2D eigenvalue weighted by Gasteiger charge is -2.33. The van der Waals surface area contributed by atoms with Crippen LogP contribution < -0.4 is 0 Å². The van der Waals surface area contributed by atoms with E-state index in [9.17, 15) is 0 Å².